The Morgan fingerprint density at radius 1 is 1.73 bits per heavy atom. The smallest absolute Gasteiger partial charge is 0.327 e. The lowest BCUT2D eigenvalue weighted by Crippen LogP contribution is -1.89. The molecule has 0 aliphatic heterocycles. The zero-order valence-electron chi connectivity index (χ0n) is 6.59. The van der Waals surface area contributed by atoms with E-state index >= 15 is 0 Å². The van der Waals surface area contributed by atoms with E-state index in [4.69, 9.17) is 16.7 Å². The molecule has 64 valence electrons. The standard InChI is InChI=1S/C8H13ClO2/c1-7(9)5-3-2-4-6-8(10)11/h4,6-7H,2-3,5H2,1H3,(H,10,11)/b6-4+. The van der Waals surface area contributed by atoms with Gasteiger partial charge in [0.2, 0.25) is 0 Å². The Morgan fingerprint density at radius 2 is 2.36 bits per heavy atom. The summed E-state index contributed by atoms with van der Waals surface area (Å²) in [4.78, 5) is 9.98. The summed E-state index contributed by atoms with van der Waals surface area (Å²) < 4.78 is 0. The molecular formula is C8H13ClO2. The monoisotopic (exact) mass is 176 g/mol. The van der Waals surface area contributed by atoms with Gasteiger partial charge in [-0.2, -0.15) is 0 Å². The fraction of sp³-hybridized carbons (Fsp3) is 0.625. The van der Waals surface area contributed by atoms with Crippen molar-refractivity contribution < 1.29 is 9.90 Å². The molecule has 0 amide bonds. The van der Waals surface area contributed by atoms with Crippen LogP contribution in [-0.4, -0.2) is 16.5 Å². The minimum atomic E-state index is -0.885. The average Bonchev–Trinajstić information content (AvgIpc) is 1.85. The number of aliphatic carboxylic acids is 1. The van der Waals surface area contributed by atoms with Crippen molar-refractivity contribution in [3.63, 3.8) is 0 Å². The van der Waals surface area contributed by atoms with Gasteiger partial charge < -0.3 is 5.11 Å². The Balaban J connectivity index is 3.21. The van der Waals surface area contributed by atoms with Gasteiger partial charge in [-0.1, -0.05) is 6.08 Å². The first-order chi connectivity index (χ1) is 5.13. The molecule has 0 heterocycles. The molecule has 0 aliphatic rings. The number of unbranched alkanes of at least 4 members (excludes halogenated alkanes) is 1. The Morgan fingerprint density at radius 3 is 2.82 bits per heavy atom. The summed E-state index contributed by atoms with van der Waals surface area (Å²) in [5.74, 6) is -0.885. The number of rotatable bonds is 5. The minimum Gasteiger partial charge on any atom is -0.478 e. The van der Waals surface area contributed by atoms with E-state index in [1.54, 1.807) is 6.08 Å². The molecule has 1 atom stereocenters. The third-order valence-electron chi connectivity index (χ3n) is 1.23. The fourth-order valence-corrected chi connectivity index (χ4v) is 0.855. The highest BCUT2D eigenvalue weighted by Gasteiger charge is 1.93. The Kier molecular flexibility index (Phi) is 5.94. The van der Waals surface area contributed by atoms with E-state index in [9.17, 15) is 4.79 Å². The highest BCUT2D eigenvalue weighted by Crippen LogP contribution is 2.06. The minimum absolute atomic E-state index is 0.188. The topological polar surface area (TPSA) is 37.3 Å². The molecule has 0 bridgehead atoms. The molecule has 3 heteroatoms. The van der Waals surface area contributed by atoms with Crippen molar-refractivity contribution in [2.24, 2.45) is 0 Å². The maximum absolute atomic E-state index is 9.98. The maximum atomic E-state index is 9.98. The van der Waals surface area contributed by atoms with E-state index in [0.29, 0.717) is 0 Å². The average molecular weight is 177 g/mol. The number of hydrogen-bond donors (Lipinski definition) is 1. The first kappa shape index (κ1) is 10.5. The van der Waals surface area contributed by atoms with E-state index in [1.807, 2.05) is 6.92 Å². The molecule has 0 saturated carbocycles. The van der Waals surface area contributed by atoms with Crippen LogP contribution in [0.5, 0.6) is 0 Å². The lowest BCUT2D eigenvalue weighted by Gasteiger charge is -1.97. The molecule has 2 nitrogen and oxygen atoms in total. The second kappa shape index (κ2) is 6.23. The van der Waals surface area contributed by atoms with Crippen LogP contribution in [0.25, 0.3) is 0 Å². The van der Waals surface area contributed by atoms with Crippen molar-refractivity contribution in [2.75, 3.05) is 0 Å². The molecule has 1 unspecified atom stereocenters. The number of carboxylic acids is 1. The van der Waals surface area contributed by atoms with Gasteiger partial charge >= 0.3 is 5.97 Å². The van der Waals surface area contributed by atoms with Gasteiger partial charge in [0.1, 0.15) is 0 Å². The molecule has 0 rings (SSSR count). The van der Waals surface area contributed by atoms with Crippen molar-refractivity contribution in [2.45, 2.75) is 31.6 Å². The lowest BCUT2D eigenvalue weighted by molar-refractivity contribution is -0.131. The summed E-state index contributed by atoms with van der Waals surface area (Å²) in [5, 5.41) is 8.40. The van der Waals surface area contributed by atoms with E-state index in [2.05, 4.69) is 0 Å². The van der Waals surface area contributed by atoms with Crippen molar-refractivity contribution >= 4 is 17.6 Å². The Hall–Kier alpha value is -0.500. The zero-order valence-corrected chi connectivity index (χ0v) is 7.34. The van der Waals surface area contributed by atoms with Crippen molar-refractivity contribution in [3.8, 4) is 0 Å². The van der Waals surface area contributed by atoms with Crippen LogP contribution in [0.1, 0.15) is 26.2 Å². The van der Waals surface area contributed by atoms with Crippen LogP contribution in [0.3, 0.4) is 0 Å². The first-order valence-electron chi connectivity index (χ1n) is 3.66. The highest BCUT2D eigenvalue weighted by molar-refractivity contribution is 6.20. The molecule has 11 heavy (non-hydrogen) atoms. The van der Waals surface area contributed by atoms with Crippen LogP contribution in [0.2, 0.25) is 0 Å². The molecule has 0 radical (unpaired) electrons. The number of alkyl halides is 1. The van der Waals surface area contributed by atoms with Crippen LogP contribution < -0.4 is 0 Å². The van der Waals surface area contributed by atoms with Gasteiger partial charge in [0.15, 0.2) is 0 Å². The SMILES string of the molecule is CC(Cl)CCC/C=C/C(=O)O. The van der Waals surface area contributed by atoms with Gasteiger partial charge in [-0.15, -0.1) is 11.6 Å². The number of carbonyl (C=O) groups is 1. The summed E-state index contributed by atoms with van der Waals surface area (Å²) in [5.41, 5.74) is 0. The van der Waals surface area contributed by atoms with Gasteiger partial charge in [-0.3, -0.25) is 0 Å². The van der Waals surface area contributed by atoms with Gasteiger partial charge in [0, 0.05) is 11.5 Å². The van der Waals surface area contributed by atoms with Crippen LogP contribution >= 0.6 is 11.6 Å². The van der Waals surface area contributed by atoms with Gasteiger partial charge in [0.05, 0.1) is 0 Å². The highest BCUT2D eigenvalue weighted by atomic mass is 35.5. The maximum Gasteiger partial charge on any atom is 0.327 e. The summed E-state index contributed by atoms with van der Waals surface area (Å²) >= 11 is 5.68. The molecule has 0 aliphatic carbocycles. The van der Waals surface area contributed by atoms with E-state index in [0.717, 1.165) is 19.3 Å². The number of halogens is 1. The second-order valence-electron chi connectivity index (χ2n) is 2.45. The number of hydrogen-bond acceptors (Lipinski definition) is 1. The van der Waals surface area contributed by atoms with Crippen LogP contribution in [0.15, 0.2) is 12.2 Å². The normalized spacial score (nSPS) is 13.6. The number of carboxylic acid groups (broad SMARTS) is 1. The Labute approximate surface area is 71.9 Å². The summed E-state index contributed by atoms with van der Waals surface area (Å²) in [6, 6.07) is 0. The van der Waals surface area contributed by atoms with Crippen LogP contribution in [-0.2, 0) is 4.79 Å². The predicted molar refractivity (Wildman–Crippen MR) is 45.9 cm³/mol. The molecule has 0 aromatic heterocycles. The van der Waals surface area contributed by atoms with Crippen LogP contribution in [0, 0.1) is 0 Å². The Bertz CT molecular complexity index is 141. The van der Waals surface area contributed by atoms with Crippen molar-refractivity contribution in [1.29, 1.82) is 0 Å². The molecule has 0 spiro atoms. The molecule has 1 N–H and O–H groups in total. The zero-order chi connectivity index (χ0) is 8.69. The van der Waals surface area contributed by atoms with Gasteiger partial charge in [0.25, 0.3) is 0 Å². The molecular weight excluding hydrogens is 164 g/mol. The predicted octanol–water partition coefficient (Wildman–Crippen LogP) is 2.42. The quantitative estimate of drug-likeness (QED) is 0.397. The summed E-state index contributed by atoms with van der Waals surface area (Å²) in [7, 11) is 0. The van der Waals surface area contributed by atoms with Gasteiger partial charge in [-0.05, 0) is 26.2 Å². The molecule has 0 saturated heterocycles. The molecule has 0 aromatic rings. The number of allylic oxidation sites excluding steroid dienone is 1. The summed E-state index contributed by atoms with van der Waals surface area (Å²) in [6.07, 6.45) is 5.50. The molecule has 0 aromatic carbocycles. The lowest BCUT2D eigenvalue weighted by atomic mass is 10.2. The van der Waals surface area contributed by atoms with Crippen molar-refractivity contribution in [3.05, 3.63) is 12.2 Å². The van der Waals surface area contributed by atoms with E-state index < -0.39 is 5.97 Å². The van der Waals surface area contributed by atoms with Crippen LogP contribution in [0.4, 0.5) is 0 Å². The summed E-state index contributed by atoms with van der Waals surface area (Å²) in [6.45, 7) is 1.93. The van der Waals surface area contributed by atoms with E-state index in [-0.39, 0.29) is 5.38 Å². The molecule has 0 fully saturated rings. The third kappa shape index (κ3) is 9.50. The largest absolute Gasteiger partial charge is 0.478 e. The second-order valence-corrected chi connectivity index (χ2v) is 3.20. The van der Waals surface area contributed by atoms with Crippen molar-refractivity contribution in [1.82, 2.24) is 0 Å². The van der Waals surface area contributed by atoms with E-state index in [1.165, 1.54) is 6.08 Å². The van der Waals surface area contributed by atoms with Gasteiger partial charge in [-0.25, -0.2) is 4.79 Å². The third-order valence-corrected chi connectivity index (χ3v) is 1.45. The fourth-order valence-electron chi connectivity index (χ4n) is 0.701. The first-order valence-corrected chi connectivity index (χ1v) is 4.10.